The maximum absolute atomic E-state index is 5.46. The van der Waals surface area contributed by atoms with Crippen molar-refractivity contribution in [1.82, 2.24) is 10.1 Å². The minimum atomic E-state index is 0.364. The van der Waals surface area contributed by atoms with Gasteiger partial charge in [0.2, 0.25) is 5.89 Å². The van der Waals surface area contributed by atoms with Gasteiger partial charge in [0.05, 0.1) is 0 Å². The zero-order chi connectivity index (χ0) is 11.7. The van der Waals surface area contributed by atoms with Crippen LogP contribution in [0.1, 0.15) is 28.8 Å². The van der Waals surface area contributed by atoms with Crippen molar-refractivity contribution in [2.45, 2.75) is 25.2 Å². The van der Waals surface area contributed by atoms with Crippen molar-refractivity contribution >= 4 is 0 Å². The predicted molar refractivity (Wildman–Crippen MR) is 63.6 cm³/mol. The van der Waals surface area contributed by atoms with Gasteiger partial charge in [-0.05, 0) is 24.0 Å². The first-order valence-electron chi connectivity index (χ1n) is 5.96. The number of hydrogen-bond donors (Lipinski definition) is 1. The molecule has 0 unspecified atom stereocenters. The molecular weight excluding hydrogens is 214 g/mol. The molecule has 4 heteroatoms. The molecule has 4 nitrogen and oxygen atoms in total. The fourth-order valence-electron chi connectivity index (χ4n) is 2.40. The lowest BCUT2D eigenvalue weighted by Gasteiger charge is -2.00. The topological polar surface area (TPSA) is 64.9 Å². The smallest absolute Gasteiger partial charge is 0.227 e. The van der Waals surface area contributed by atoms with Crippen molar-refractivity contribution < 1.29 is 4.52 Å². The summed E-state index contributed by atoms with van der Waals surface area (Å²) in [6.07, 6.45) is 2.68. The zero-order valence-electron chi connectivity index (χ0n) is 9.60. The molecule has 2 N–H and O–H groups in total. The van der Waals surface area contributed by atoms with Gasteiger partial charge in [-0.25, -0.2) is 0 Å². The highest BCUT2D eigenvalue weighted by Crippen LogP contribution is 2.32. The van der Waals surface area contributed by atoms with Gasteiger partial charge in [-0.1, -0.05) is 29.4 Å². The van der Waals surface area contributed by atoms with Crippen LogP contribution in [0.2, 0.25) is 0 Å². The third-order valence-corrected chi connectivity index (χ3v) is 3.26. The molecule has 1 aromatic heterocycles. The largest absolute Gasteiger partial charge is 0.339 e. The van der Waals surface area contributed by atoms with Crippen LogP contribution in [0.3, 0.4) is 0 Å². The first kappa shape index (κ1) is 10.5. The monoisotopic (exact) mass is 229 g/mol. The molecule has 0 atom stereocenters. The summed E-state index contributed by atoms with van der Waals surface area (Å²) in [5.74, 6) is 1.84. The van der Waals surface area contributed by atoms with Gasteiger partial charge in [-0.2, -0.15) is 4.98 Å². The second-order valence-corrected chi connectivity index (χ2v) is 4.46. The summed E-state index contributed by atoms with van der Waals surface area (Å²) in [6, 6.07) is 8.51. The SMILES string of the molecule is NCCc1nc(C2Cc3ccccc3C2)no1. The average molecular weight is 229 g/mol. The normalized spacial score (nSPS) is 15.1. The van der Waals surface area contributed by atoms with Crippen LogP contribution in [0.15, 0.2) is 28.8 Å². The van der Waals surface area contributed by atoms with Crippen LogP contribution >= 0.6 is 0 Å². The van der Waals surface area contributed by atoms with E-state index in [9.17, 15) is 0 Å². The molecule has 0 aliphatic heterocycles. The van der Waals surface area contributed by atoms with E-state index in [1.807, 2.05) is 0 Å². The lowest BCUT2D eigenvalue weighted by molar-refractivity contribution is 0.371. The van der Waals surface area contributed by atoms with E-state index in [0.717, 1.165) is 18.7 Å². The molecule has 1 aliphatic rings. The maximum Gasteiger partial charge on any atom is 0.227 e. The van der Waals surface area contributed by atoms with E-state index < -0.39 is 0 Å². The highest BCUT2D eigenvalue weighted by Gasteiger charge is 2.26. The first-order valence-corrected chi connectivity index (χ1v) is 5.96. The fourth-order valence-corrected chi connectivity index (χ4v) is 2.40. The van der Waals surface area contributed by atoms with Gasteiger partial charge in [-0.3, -0.25) is 0 Å². The van der Waals surface area contributed by atoms with Crippen LogP contribution in [0.5, 0.6) is 0 Å². The second-order valence-electron chi connectivity index (χ2n) is 4.46. The number of hydrogen-bond acceptors (Lipinski definition) is 4. The Labute approximate surface area is 99.8 Å². The molecule has 0 radical (unpaired) electrons. The van der Waals surface area contributed by atoms with E-state index in [-0.39, 0.29) is 0 Å². The third-order valence-electron chi connectivity index (χ3n) is 3.26. The summed E-state index contributed by atoms with van der Waals surface area (Å²) in [5, 5.41) is 4.06. The maximum atomic E-state index is 5.46. The van der Waals surface area contributed by atoms with E-state index in [0.29, 0.717) is 24.8 Å². The Balaban J connectivity index is 1.79. The molecule has 17 heavy (non-hydrogen) atoms. The highest BCUT2D eigenvalue weighted by atomic mass is 16.5. The van der Waals surface area contributed by atoms with Gasteiger partial charge in [0.25, 0.3) is 0 Å². The zero-order valence-corrected chi connectivity index (χ0v) is 9.60. The number of nitrogens with zero attached hydrogens (tertiary/aromatic N) is 2. The van der Waals surface area contributed by atoms with Gasteiger partial charge in [-0.15, -0.1) is 0 Å². The molecule has 0 bridgehead atoms. The summed E-state index contributed by atoms with van der Waals surface area (Å²) in [4.78, 5) is 4.41. The minimum Gasteiger partial charge on any atom is -0.339 e. The summed E-state index contributed by atoms with van der Waals surface area (Å²) >= 11 is 0. The van der Waals surface area contributed by atoms with Crippen LogP contribution in [0, 0.1) is 0 Å². The van der Waals surface area contributed by atoms with Crippen LogP contribution in [0.4, 0.5) is 0 Å². The molecule has 2 aromatic rings. The molecule has 0 saturated heterocycles. The minimum absolute atomic E-state index is 0.364. The molecule has 1 heterocycles. The quantitative estimate of drug-likeness (QED) is 0.865. The second kappa shape index (κ2) is 4.30. The molecule has 1 aliphatic carbocycles. The Bertz CT molecular complexity index is 496. The Kier molecular flexibility index (Phi) is 2.65. The third kappa shape index (κ3) is 1.96. The Morgan fingerprint density at radius 2 is 1.94 bits per heavy atom. The molecule has 0 spiro atoms. The molecule has 1 aromatic carbocycles. The molecule has 3 rings (SSSR count). The fraction of sp³-hybridized carbons (Fsp3) is 0.385. The average Bonchev–Trinajstić information content (AvgIpc) is 2.94. The van der Waals surface area contributed by atoms with E-state index in [2.05, 4.69) is 34.4 Å². The summed E-state index contributed by atoms with van der Waals surface area (Å²) in [5.41, 5.74) is 8.27. The number of benzene rings is 1. The van der Waals surface area contributed by atoms with Crippen molar-refractivity contribution in [2.24, 2.45) is 5.73 Å². The molecular formula is C13H15N3O. The predicted octanol–water partition coefficient (Wildman–Crippen LogP) is 1.45. The Morgan fingerprint density at radius 1 is 1.24 bits per heavy atom. The van der Waals surface area contributed by atoms with E-state index in [4.69, 9.17) is 10.3 Å². The molecule has 88 valence electrons. The van der Waals surface area contributed by atoms with Crippen molar-refractivity contribution in [3.05, 3.63) is 47.1 Å². The van der Waals surface area contributed by atoms with Gasteiger partial charge in [0.1, 0.15) is 0 Å². The molecule has 0 amide bonds. The number of nitrogens with two attached hydrogens (primary N) is 1. The van der Waals surface area contributed by atoms with Gasteiger partial charge in [0.15, 0.2) is 5.82 Å². The van der Waals surface area contributed by atoms with Crippen LogP contribution in [-0.4, -0.2) is 16.7 Å². The lowest BCUT2D eigenvalue weighted by Crippen LogP contribution is -2.04. The van der Waals surface area contributed by atoms with Gasteiger partial charge in [0, 0.05) is 18.9 Å². The van der Waals surface area contributed by atoms with Crippen LogP contribution in [0.25, 0.3) is 0 Å². The van der Waals surface area contributed by atoms with Crippen LogP contribution in [-0.2, 0) is 19.3 Å². The standard InChI is InChI=1S/C13H15N3O/c14-6-5-12-15-13(16-17-12)11-7-9-3-1-2-4-10(9)8-11/h1-4,11H,5-8,14H2. The first-order chi connectivity index (χ1) is 8.36. The van der Waals surface area contributed by atoms with Gasteiger partial charge < -0.3 is 10.3 Å². The van der Waals surface area contributed by atoms with E-state index in [1.165, 1.54) is 11.1 Å². The van der Waals surface area contributed by atoms with Crippen molar-refractivity contribution in [1.29, 1.82) is 0 Å². The number of fused-ring (bicyclic) bond motifs is 1. The summed E-state index contributed by atoms with van der Waals surface area (Å²) in [6.45, 7) is 0.548. The highest BCUT2D eigenvalue weighted by molar-refractivity contribution is 5.34. The van der Waals surface area contributed by atoms with Crippen molar-refractivity contribution in [3.63, 3.8) is 0 Å². The lowest BCUT2D eigenvalue weighted by atomic mass is 10.1. The van der Waals surface area contributed by atoms with Gasteiger partial charge >= 0.3 is 0 Å². The van der Waals surface area contributed by atoms with E-state index >= 15 is 0 Å². The number of aromatic nitrogens is 2. The Morgan fingerprint density at radius 3 is 2.59 bits per heavy atom. The van der Waals surface area contributed by atoms with Crippen molar-refractivity contribution in [3.8, 4) is 0 Å². The molecule has 0 saturated carbocycles. The van der Waals surface area contributed by atoms with E-state index in [1.54, 1.807) is 0 Å². The summed E-state index contributed by atoms with van der Waals surface area (Å²) in [7, 11) is 0. The van der Waals surface area contributed by atoms with Crippen LogP contribution < -0.4 is 5.73 Å². The molecule has 0 fully saturated rings. The number of rotatable bonds is 3. The summed E-state index contributed by atoms with van der Waals surface area (Å²) < 4.78 is 5.18. The van der Waals surface area contributed by atoms with Crippen molar-refractivity contribution in [2.75, 3.05) is 6.54 Å². The Hall–Kier alpha value is -1.68.